The number of nitrogens with zero attached hydrogens (tertiary/aromatic N) is 2. The molecule has 0 aliphatic rings. The van der Waals surface area contributed by atoms with Gasteiger partial charge < -0.3 is 14.9 Å². The van der Waals surface area contributed by atoms with Crippen molar-refractivity contribution in [3.63, 3.8) is 0 Å². The molecule has 0 aromatic rings. The van der Waals surface area contributed by atoms with E-state index in [2.05, 4.69) is 30.9 Å². The third kappa shape index (κ3) is 9.96. The highest BCUT2D eigenvalue weighted by Gasteiger charge is 2.12. The third-order valence-electron chi connectivity index (χ3n) is 2.25. The predicted molar refractivity (Wildman–Crippen MR) is 61.6 cm³/mol. The van der Waals surface area contributed by atoms with E-state index < -0.39 is 5.60 Å². The van der Waals surface area contributed by atoms with Gasteiger partial charge in [0.25, 0.3) is 0 Å². The fourth-order valence-electron chi connectivity index (χ4n) is 1.23. The van der Waals surface area contributed by atoms with Crippen LogP contribution < -0.4 is 0 Å². The highest BCUT2D eigenvalue weighted by Crippen LogP contribution is 2.07. The molecule has 86 valence electrons. The van der Waals surface area contributed by atoms with E-state index in [0.717, 1.165) is 26.1 Å². The highest BCUT2D eigenvalue weighted by atomic mass is 16.3. The molecule has 0 fully saturated rings. The summed E-state index contributed by atoms with van der Waals surface area (Å²) in [5.74, 6) is 0. The van der Waals surface area contributed by atoms with E-state index in [-0.39, 0.29) is 0 Å². The summed E-state index contributed by atoms with van der Waals surface area (Å²) in [6.45, 7) is 6.93. The summed E-state index contributed by atoms with van der Waals surface area (Å²) >= 11 is 0. The van der Waals surface area contributed by atoms with Crippen LogP contribution >= 0.6 is 0 Å². The highest BCUT2D eigenvalue weighted by molar-refractivity contribution is 4.67. The van der Waals surface area contributed by atoms with Crippen molar-refractivity contribution < 1.29 is 5.11 Å². The Hall–Kier alpha value is -0.120. The Morgan fingerprint density at radius 3 is 2.00 bits per heavy atom. The summed E-state index contributed by atoms with van der Waals surface area (Å²) in [6.07, 6.45) is 2.03. The maximum atomic E-state index is 9.55. The van der Waals surface area contributed by atoms with Crippen LogP contribution in [0.4, 0.5) is 0 Å². The summed E-state index contributed by atoms with van der Waals surface area (Å²) < 4.78 is 0. The molecule has 14 heavy (non-hydrogen) atoms. The van der Waals surface area contributed by atoms with Gasteiger partial charge in [0, 0.05) is 6.54 Å². The van der Waals surface area contributed by atoms with Gasteiger partial charge in [-0.05, 0) is 60.9 Å². The molecule has 0 aliphatic heterocycles. The Morgan fingerprint density at radius 2 is 1.57 bits per heavy atom. The van der Waals surface area contributed by atoms with Gasteiger partial charge in [-0.1, -0.05) is 0 Å². The summed E-state index contributed by atoms with van der Waals surface area (Å²) in [5.41, 5.74) is -0.532. The van der Waals surface area contributed by atoms with Crippen LogP contribution in [0.2, 0.25) is 0 Å². The van der Waals surface area contributed by atoms with E-state index in [1.807, 2.05) is 13.8 Å². The first-order valence-electron chi connectivity index (χ1n) is 5.37. The smallest absolute Gasteiger partial charge is 0.0603 e. The van der Waals surface area contributed by atoms with Crippen molar-refractivity contribution in [1.82, 2.24) is 9.80 Å². The van der Waals surface area contributed by atoms with Gasteiger partial charge in [0.1, 0.15) is 0 Å². The van der Waals surface area contributed by atoms with Crippen LogP contribution in [-0.4, -0.2) is 61.3 Å². The van der Waals surface area contributed by atoms with Crippen LogP contribution in [0.1, 0.15) is 26.7 Å². The number of hydrogen-bond acceptors (Lipinski definition) is 3. The molecule has 0 aromatic carbocycles. The number of rotatable bonds is 7. The first-order valence-corrected chi connectivity index (χ1v) is 5.37. The van der Waals surface area contributed by atoms with Crippen LogP contribution in [0.3, 0.4) is 0 Å². The average Bonchev–Trinajstić information content (AvgIpc) is 1.99. The van der Waals surface area contributed by atoms with Crippen molar-refractivity contribution in [2.75, 3.05) is 40.8 Å². The van der Waals surface area contributed by atoms with Crippen LogP contribution in [0, 0.1) is 0 Å². The molecule has 0 rings (SSSR count). The molecule has 3 nitrogen and oxygen atoms in total. The summed E-state index contributed by atoms with van der Waals surface area (Å²) in [5, 5.41) is 9.55. The van der Waals surface area contributed by atoms with E-state index >= 15 is 0 Å². The molecule has 0 aromatic heterocycles. The second-order valence-electron chi connectivity index (χ2n) is 5.02. The monoisotopic (exact) mass is 202 g/mol. The Kier molecular flexibility index (Phi) is 6.33. The zero-order chi connectivity index (χ0) is 11.2. The molecule has 0 amide bonds. The topological polar surface area (TPSA) is 26.7 Å². The molecule has 1 N–H and O–H groups in total. The van der Waals surface area contributed by atoms with Crippen molar-refractivity contribution in [1.29, 1.82) is 0 Å². The van der Waals surface area contributed by atoms with Gasteiger partial charge in [-0.15, -0.1) is 0 Å². The molecular formula is C11H26N2O. The summed E-state index contributed by atoms with van der Waals surface area (Å²) in [7, 11) is 6.30. The lowest BCUT2D eigenvalue weighted by atomic mass is 10.1. The summed E-state index contributed by atoms with van der Waals surface area (Å²) in [6, 6.07) is 0. The van der Waals surface area contributed by atoms with Crippen molar-refractivity contribution >= 4 is 0 Å². The lowest BCUT2D eigenvalue weighted by Crippen LogP contribution is -2.30. The fourth-order valence-corrected chi connectivity index (χ4v) is 1.23. The van der Waals surface area contributed by atoms with Gasteiger partial charge in [-0.2, -0.15) is 0 Å². The van der Waals surface area contributed by atoms with E-state index in [4.69, 9.17) is 0 Å². The minimum Gasteiger partial charge on any atom is -0.390 e. The zero-order valence-electron chi connectivity index (χ0n) is 10.4. The Bertz CT molecular complexity index is 141. The molecule has 0 saturated carbocycles. The second-order valence-corrected chi connectivity index (χ2v) is 5.02. The minimum absolute atomic E-state index is 0.532. The molecule has 0 bridgehead atoms. The Morgan fingerprint density at radius 1 is 1.00 bits per heavy atom. The van der Waals surface area contributed by atoms with E-state index in [0.29, 0.717) is 0 Å². The van der Waals surface area contributed by atoms with E-state index in [1.165, 1.54) is 6.42 Å². The fraction of sp³-hybridized carbons (Fsp3) is 1.00. The Balaban J connectivity index is 3.42. The average molecular weight is 202 g/mol. The van der Waals surface area contributed by atoms with Gasteiger partial charge in [0.15, 0.2) is 0 Å². The van der Waals surface area contributed by atoms with Gasteiger partial charge in [0.05, 0.1) is 5.60 Å². The second kappa shape index (κ2) is 6.38. The maximum Gasteiger partial charge on any atom is 0.0603 e. The largest absolute Gasteiger partial charge is 0.390 e. The zero-order valence-corrected chi connectivity index (χ0v) is 10.4. The van der Waals surface area contributed by atoms with Crippen molar-refractivity contribution in [2.45, 2.75) is 32.3 Å². The van der Waals surface area contributed by atoms with Crippen LogP contribution in [0.25, 0.3) is 0 Å². The van der Waals surface area contributed by atoms with Crippen LogP contribution in [0.5, 0.6) is 0 Å². The van der Waals surface area contributed by atoms with Gasteiger partial charge in [0.2, 0.25) is 0 Å². The number of aliphatic hydroxyl groups is 1. The summed E-state index contributed by atoms with van der Waals surface area (Å²) in [4.78, 5) is 4.48. The van der Waals surface area contributed by atoms with E-state index in [9.17, 15) is 5.11 Å². The van der Waals surface area contributed by atoms with E-state index in [1.54, 1.807) is 0 Å². The minimum atomic E-state index is -0.532. The Labute approximate surface area is 88.7 Å². The molecular weight excluding hydrogens is 176 g/mol. The molecule has 0 spiro atoms. The van der Waals surface area contributed by atoms with Crippen molar-refractivity contribution in [2.24, 2.45) is 0 Å². The molecule has 0 aliphatic carbocycles. The third-order valence-corrected chi connectivity index (χ3v) is 2.25. The predicted octanol–water partition coefficient (Wildman–Crippen LogP) is 1.03. The lowest BCUT2D eigenvalue weighted by Gasteiger charge is -2.23. The quantitative estimate of drug-likeness (QED) is 0.668. The molecule has 0 heterocycles. The maximum absolute atomic E-state index is 9.55. The molecule has 0 saturated heterocycles. The van der Waals surface area contributed by atoms with Gasteiger partial charge in [-0.3, -0.25) is 0 Å². The standard InChI is InChI=1S/C11H26N2O/c1-11(2,14)7-10-13(5)9-6-8-12(3)4/h14H,6-10H2,1-5H3. The van der Waals surface area contributed by atoms with Crippen molar-refractivity contribution in [3.8, 4) is 0 Å². The SMILES string of the molecule is CN(C)CCCN(C)CCC(C)(C)O. The molecule has 0 radical (unpaired) electrons. The van der Waals surface area contributed by atoms with Crippen molar-refractivity contribution in [3.05, 3.63) is 0 Å². The molecule has 0 unspecified atom stereocenters. The number of hydrogen-bond donors (Lipinski definition) is 1. The molecule has 0 atom stereocenters. The van der Waals surface area contributed by atoms with Gasteiger partial charge >= 0.3 is 0 Å². The van der Waals surface area contributed by atoms with Gasteiger partial charge in [-0.25, -0.2) is 0 Å². The van der Waals surface area contributed by atoms with Crippen LogP contribution in [0.15, 0.2) is 0 Å². The lowest BCUT2D eigenvalue weighted by molar-refractivity contribution is 0.0604. The van der Waals surface area contributed by atoms with Crippen LogP contribution in [-0.2, 0) is 0 Å². The first-order chi connectivity index (χ1) is 6.31. The first kappa shape index (κ1) is 13.9. The molecule has 3 heteroatoms. The normalized spacial score (nSPS) is 12.9.